The third-order valence-electron chi connectivity index (χ3n) is 6.38. The number of halogens is 4. The molecule has 8 nitrogen and oxygen atoms in total. The fraction of sp³-hybridized carbons (Fsp3) is 0.192. The second kappa shape index (κ2) is 9.42. The number of carbonyl (C=O) groups is 2. The molecule has 198 valence electrons. The molecule has 0 radical (unpaired) electrons. The zero-order valence-corrected chi connectivity index (χ0v) is 20.7. The maximum Gasteiger partial charge on any atom is 0.280 e. The predicted molar refractivity (Wildman–Crippen MR) is 136 cm³/mol. The van der Waals surface area contributed by atoms with Crippen LogP contribution in [0.1, 0.15) is 68.9 Å². The molecule has 5 aromatic rings. The molecule has 4 heterocycles. The van der Waals surface area contributed by atoms with Crippen LogP contribution >= 0.6 is 11.3 Å². The van der Waals surface area contributed by atoms with Crippen molar-refractivity contribution in [2.45, 2.75) is 31.6 Å². The fourth-order valence-electron chi connectivity index (χ4n) is 4.42. The molecular formula is C26H18F4N6O2S. The number of fused-ring (bicyclic) bond motifs is 2. The number of pyridine rings is 1. The molecule has 6 rings (SSSR count). The molecule has 0 unspecified atom stereocenters. The summed E-state index contributed by atoms with van der Waals surface area (Å²) in [4.78, 5) is 34.0. The first-order valence-electron chi connectivity index (χ1n) is 11.8. The quantitative estimate of drug-likeness (QED) is 0.236. The molecule has 0 spiro atoms. The number of benzene rings is 1. The largest absolute Gasteiger partial charge is 0.365 e. The van der Waals surface area contributed by atoms with Crippen LogP contribution in [0.25, 0.3) is 27.0 Å². The van der Waals surface area contributed by atoms with Crippen molar-refractivity contribution >= 4 is 44.7 Å². The molecule has 13 heteroatoms. The van der Waals surface area contributed by atoms with Gasteiger partial charge >= 0.3 is 0 Å². The molecule has 4 aromatic heterocycles. The number of carbonyl (C=O) groups excluding carboxylic acids is 2. The Kier molecular flexibility index (Phi) is 6.02. The van der Waals surface area contributed by atoms with E-state index in [-0.39, 0.29) is 38.0 Å². The van der Waals surface area contributed by atoms with Gasteiger partial charge in [-0.05, 0) is 36.1 Å². The van der Waals surface area contributed by atoms with E-state index in [9.17, 15) is 27.2 Å². The Bertz CT molecular complexity index is 1770. The standard InChI is InChI=1S/C26H18F4N6O2S/c27-22(28)15-8-13(11-4-2-1-3-5-11)19-20(21(24(31)37)39-26(19)33-15)34-25(38)16-10-18-32-14(12-6-7-12)9-17(23(29)30)36(18)35-16/h1-5,8-10,12,22-23H,6-7H2,(H2,31,37)(H,34,38). The van der Waals surface area contributed by atoms with Crippen molar-refractivity contribution in [3.8, 4) is 11.1 Å². The van der Waals surface area contributed by atoms with Gasteiger partial charge in [-0.3, -0.25) is 9.59 Å². The molecule has 0 aliphatic heterocycles. The maximum absolute atomic E-state index is 13.8. The molecule has 0 bridgehead atoms. The first-order valence-corrected chi connectivity index (χ1v) is 12.6. The van der Waals surface area contributed by atoms with Gasteiger partial charge in [0.05, 0.1) is 5.69 Å². The van der Waals surface area contributed by atoms with E-state index in [0.717, 1.165) is 28.7 Å². The van der Waals surface area contributed by atoms with Gasteiger partial charge in [0.25, 0.3) is 24.7 Å². The van der Waals surface area contributed by atoms with Crippen LogP contribution in [-0.2, 0) is 0 Å². The third kappa shape index (κ3) is 4.48. The first-order chi connectivity index (χ1) is 18.7. The summed E-state index contributed by atoms with van der Waals surface area (Å²) in [5.74, 6) is -1.64. The highest BCUT2D eigenvalue weighted by Gasteiger charge is 2.29. The Morgan fingerprint density at radius 3 is 2.41 bits per heavy atom. The summed E-state index contributed by atoms with van der Waals surface area (Å²) >= 11 is 0.762. The lowest BCUT2D eigenvalue weighted by atomic mass is 10.0. The molecule has 1 fully saturated rings. The molecule has 0 atom stereocenters. The normalized spacial score (nSPS) is 13.6. The molecule has 1 saturated carbocycles. The molecule has 2 amide bonds. The number of aromatic nitrogens is 4. The number of nitrogens with one attached hydrogen (secondary N) is 1. The lowest BCUT2D eigenvalue weighted by Crippen LogP contribution is -2.17. The van der Waals surface area contributed by atoms with Gasteiger partial charge < -0.3 is 11.1 Å². The van der Waals surface area contributed by atoms with E-state index in [0.29, 0.717) is 16.8 Å². The van der Waals surface area contributed by atoms with E-state index < -0.39 is 36.1 Å². The van der Waals surface area contributed by atoms with Crippen LogP contribution < -0.4 is 11.1 Å². The molecule has 1 aromatic carbocycles. The highest BCUT2D eigenvalue weighted by Crippen LogP contribution is 2.43. The van der Waals surface area contributed by atoms with E-state index in [1.165, 1.54) is 18.2 Å². The van der Waals surface area contributed by atoms with Crippen LogP contribution in [0.3, 0.4) is 0 Å². The summed E-state index contributed by atoms with van der Waals surface area (Å²) in [6, 6.07) is 12.3. The molecular weight excluding hydrogens is 536 g/mol. The number of nitrogens with two attached hydrogens (primary N) is 1. The van der Waals surface area contributed by atoms with E-state index >= 15 is 0 Å². The van der Waals surface area contributed by atoms with Crippen molar-refractivity contribution in [1.82, 2.24) is 19.6 Å². The monoisotopic (exact) mass is 554 g/mol. The van der Waals surface area contributed by atoms with Crippen molar-refractivity contribution in [3.05, 3.63) is 76.2 Å². The van der Waals surface area contributed by atoms with Gasteiger partial charge in [0, 0.05) is 23.1 Å². The Labute approximate surface area is 221 Å². The van der Waals surface area contributed by atoms with Crippen LogP contribution in [0.5, 0.6) is 0 Å². The minimum absolute atomic E-state index is 0.0302. The summed E-state index contributed by atoms with van der Waals surface area (Å²) in [6.45, 7) is 0. The van der Waals surface area contributed by atoms with Gasteiger partial charge in [0.1, 0.15) is 21.1 Å². The zero-order chi connectivity index (χ0) is 27.4. The lowest BCUT2D eigenvalue weighted by molar-refractivity contribution is 0.100. The minimum atomic E-state index is -2.89. The highest BCUT2D eigenvalue weighted by atomic mass is 32.1. The van der Waals surface area contributed by atoms with Crippen LogP contribution in [-0.4, -0.2) is 31.4 Å². The van der Waals surface area contributed by atoms with E-state index in [1.54, 1.807) is 30.3 Å². The van der Waals surface area contributed by atoms with Gasteiger partial charge in [0.15, 0.2) is 11.3 Å². The van der Waals surface area contributed by atoms with Crippen LogP contribution in [0.15, 0.2) is 48.5 Å². The van der Waals surface area contributed by atoms with E-state index in [4.69, 9.17) is 5.73 Å². The lowest BCUT2D eigenvalue weighted by Gasteiger charge is -2.10. The average Bonchev–Trinajstić information content (AvgIpc) is 3.57. The predicted octanol–water partition coefficient (Wildman–Crippen LogP) is 6.11. The Morgan fingerprint density at radius 2 is 1.77 bits per heavy atom. The Morgan fingerprint density at radius 1 is 1.03 bits per heavy atom. The molecule has 39 heavy (non-hydrogen) atoms. The van der Waals surface area contributed by atoms with Gasteiger partial charge in [-0.25, -0.2) is 32.0 Å². The second-order valence-electron chi connectivity index (χ2n) is 9.05. The van der Waals surface area contributed by atoms with Gasteiger partial charge in [-0.15, -0.1) is 11.3 Å². The summed E-state index contributed by atoms with van der Waals surface area (Å²) in [5, 5.41) is 6.88. The summed E-state index contributed by atoms with van der Waals surface area (Å²) < 4.78 is 55.8. The number of rotatable bonds is 7. The van der Waals surface area contributed by atoms with Crippen molar-refractivity contribution in [3.63, 3.8) is 0 Å². The van der Waals surface area contributed by atoms with E-state index in [2.05, 4.69) is 20.4 Å². The Hall–Kier alpha value is -4.39. The summed E-state index contributed by atoms with van der Waals surface area (Å²) in [5.41, 5.74) is 5.86. The number of anilines is 1. The first kappa shape index (κ1) is 24.9. The number of alkyl halides is 4. The summed E-state index contributed by atoms with van der Waals surface area (Å²) in [6.07, 6.45) is -4.04. The average molecular weight is 555 g/mol. The van der Waals surface area contributed by atoms with Crippen molar-refractivity contribution < 1.29 is 27.2 Å². The number of primary amides is 1. The van der Waals surface area contributed by atoms with Gasteiger partial charge in [-0.1, -0.05) is 30.3 Å². The van der Waals surface area contributed by atoms with Gasteiger partial charge in [0.2, 0.25) is 0 Å². The number of amides is 2. The number of thiophene rings is 1. The molecule has 1 aliphatic carbocycles. The SMILES string of the molecule is NC(=O)c1sc2nc(C(F)F)cc(-c3ccccc3)c2c1NC(=O)c1cc2nc(C3CC3)cc(C(F)F)n2n1. The van der Waals surface area contributed by atoms with Crippen LogP contribution in [0, 0.1) is 0 Å². The van der Waals surface area contributed by atoms with Crippen molar-refractivity contribution in [2.24, 2.45) is 5.73 Å². The Balaban J connectivity index is 1.49. The van der Waals surface area contributed by atoms with Crippen LogP contribution in [0.4, 0.5) is 23.2 Å². The zero-order valence-electron chi connectivity index (χ0n) is 19.9. The molecule has 1 aliphatic rings. The van der Waals surface area contributed by atoms with Crippen molar-refractivity contribution in [2.75, 3.05) is 5.32 Å². The summed E-state index contributed by atoms with van der Waals surface area (Å²) in [7, 11) is 0. The van der Waals surface area contributed by atoms with E-state index in [1.807, 2.05) is 0 Å². The van der Waals surface area contributed by atoms with Crippen molar-refractivity contribution in [1.29, 1.82) is 0 Å². The fourth-order valence-corrected chi connectivity index (χ4v) is 5.43. The number of hydrogen-bond donors (Lipinski definition) is 2. The van der Waals surface area contributed by atoms with Gasteiger partial charge in [-0.2, -0.15) is 5.10 Å². The number of hydrogen-bond acceptors (Lipinski definition) is 6. The topological polar surface area (TPSA) is 115 Å². The van der Waals surface area contributed by atoms with Crippen LogP contribution in [0.2, 0.25) is 0 Å². The minimum Gasteiger partial charge on any atom is -0.365 e. The highest BCUT2D eigenvalue weighted by molar-refractivity contribution is 7.21. The number of nitrogens with zero attached hydrogens (tertiary/aromatic N) is 4. The smallest absolute Gasteiger partial charge is 0.280 e. The molecule has 3 N–H and O–H groups in total. The second-order valence-corrected chi connectivity index (χ2v) is 10.0. The third-order valence-corrected chi connectivity index (χ3v) is 7.48. The maximum atomic E-state index is 13.8. The molecule has 0 saturated heterocycles.